The fourth-order valence-electron chi connectivity index (χ4n) is 6.11. The molecular formula is C35H23Br. The second-order valence-corrected chi connectivity index (χ2v) is 10.3. The van der Waals surface area contributed by atoms with Crippen LogP contribution in [0.3, 0.4) is 0 Å². The molecule has 0 amide bonds. The average molecular weight is 523 g/mol. The van der Waals surface area contributed by atoms with E-state index in [4.69, 9.17) is 0 Å². The van der Waals surface area contributed by atoms with Crippen molar-refractivity contribution in [2.75, 3.05) is 0 Å². The Bertz CT molecular complexity index is 1680. The molecule has 6 aromatic carbocycles. The Labute approximate surface area is 220 Å². The van der Waals surface area contributed by atoms with Crippen LogP contribution in [0.1, 0.15) is 22.3 Å². The zero-order chi connectivity index (χ0) is 24.1. The summed E-state index contributed by atoms with van der Waals surface area (Å²) in [6.45, 7) is 0. The van der Waals surface area contributed by atoms with Gasteiger partial charge in [0.1, 0.15) is 0 Å². The predicted molar refractivity (Wildman–Crippen MR) is 154 cm³/mol. The maximum atomic E-state index is 3.94. The molecule has 1 aliphatic carbocycles. The SMILES string of the molecule is Brc1cc2c(c3ccccc13)-c1ccc(-c3ccccc3)cc1C2(c1ccccc1)c1ccccc1. The smallest absolute Gasteiger partial charge is 0.0622 e. The molecular weight excluding hydrogens is 500 g/mol. The summed E-state index contributed by atoms with van der Waals surface area (Å²) in [5, 5.41) is 2.52. The van der Waals surface area contributed by atoms with E-state index in [2.05, 4.69) is 155 Å². The predicted octanol–water partition coefficient (Wildman–Crippen LogP) is 9.63. The minimum atomic E-state index is -0.426. The fraction of sp³-hybridized carbons (Fsp3) is 0.0286. The highest BCUT2D eigenvalue weighted by molar-refractivity contribution is 9.10. The molecule has 0 spiro atoms. The zero-order valence-electron chi connectivity index (χ0n) is 19.7. The standard InChI is InChI=1S/C35H23Br/c36-33-23-32-34(29-19-11-10-18-28(29)33)30-21-20-25(24-12-4-1-5-13-24)22-31(30)35(32,26-14-6-2-7-15-26)27-16-8-3-9-17-27/h1-23H. The van der Waals surface area contributed by atoms with Crippen molar-refractivity contribution in [2.45, 2.75) is 5.41 Å². The van der Waals surface area contributed by atoms with Crippen LogP contribution >= 0.6 is 15.9 Å². The second-order valence-electron chi connectivity index (χ2n) is 9.43. The van der Waals surface area contributed by atoms with Crippen molar-refractivity contribution in [1.82, 2.24) is 0 Å². The molecule has 0 fully saturated rings. The molecule has 0 unspecified atom stereocenters. The van der Waals surface area contributed by atoms with Crippen LogP contribution < -0.4 is 0 Å². The van der Waals surface area contributed by atoms with Crippen LogP contribution in [0.15, 0.2) is 144 Å². The molecule has 6 aromatic rings. The van der Waals surface area contributed by atoms with Crippen LogP contribution in [0.4, 0.5) is 0 Å². The van der Waals surface area contributed by atoms with Gasteiger partial charge >= 0.3 is 0 Å². The monoisotopic (exact) mass is 522 g/mol. The van der Waals surface area contributed by atoms with Gasteiger partial charge in [-0.05, 0) is 67.4 Å². The highest BCUT2D eigenvalue weighted by atomic mass is 79.9. The molecule has 0 aromatic heterocycles. The van der Waals surface area contributed by atoms with Crippen molar-refractivity contribution in [2.24, 2.45) is 0 Å². The third-order valence-electron chi connectivity index (χ3n) is 7.61. The molecule has 0 aliphatic heterocycles. The van der Waals surface area contributed by atoms with Crippen LogP contribution in [0.25, 0.3) is 33.0 Å². The van der Waals surface area contributed by atoms with Gasteiger partial charge in [0, 0.05) is 4.47 Å². The van der Waals surface area contributed by atoms with Gasteiger partial charge in [-0.15, -0.1) is 0 Å². The van der Waals surface area contributed by atoms with Gasteiger partial charge in [-0.25, -0.2) is 0 Å². The molecule has 0 heterocycles. The Hall–Kier alpha value is -3.94. The molecule has 0 bridgehead atoms. The van der Waals surface area contributed by atoms with Gasteiger partial charge in [0.25, 0.3) is 0 Å². The van der Waals surface area contributed by atoms with Crippen molar-refractivity contribution >= 4 is 26.7 Å². The van der Waals surface area contributed by atoms with Gasteiger partial charge in [-0.2, -0.15) is 0 Å². The van der Waals surface area contributed by atoms with E-state index in [0.29, 0.717) is 0 Å². The second kappa shape index (κ2) is 8.33. The van der Waals surface area contributed by atoms with Gasteiger partial charge in [-0.1, -0.05) is 143 Å². The molecule has 0 atom stereocenters. The van der Waals surface area contributed by atoms with Gasteiger partial charge in [0.2, 0.25) is 0 Å². The van der Waals surface area contributed by atoms with E-state index in [0.717, 1.165) is 4.47 Å². The lowest BCUT2D eigenvalue weighted by Crippen LogP contribution is -2.28. The fourth-order valence-corrected chi connectivity index (χ4v) is 6.68. The Morgan fingerprint density at radius 2 is 1.00 bits per heavy atom. The quantitative estimate of drug-likeness (QED) is 0.216. The molecule has 0 nitrogen and oxygen atoms in total. The van der Waals surface area contributed by atoms with Crippen LogP contribution in [0.2, 0.25) is 0 Å². The highest BCUT2D eigenvalue weighted by Gasteiger charge is 2.47. The summed E-state index contributed by atoms with van der Waals surface area (Å²) in [6, 6.07) is 50.8. The molecule has 7 rings (SSSR count). The van der Waals surface area contributed by atoms with Gasteiger partial charge < -0.3 is 0 Å². The van der Waals surface area contributed by atoms with Crippen LogP contribution in [0.5, 0.6) is 0 Å². The Balaban J connectivity index is 1.68. The maximum absolute atomic E-state index is 3.94. The first-order valence-corrected chi connectivity index (χ1v) is 13.1. The first-order valence-electron chi connectivity index (χ1n) is 12.3. The van der Waals surface area contributed by atoms with E-state index >= 15 is 0 Å². The third kappa shape index (κ3) is 3.00. The van der Waals surface area contributed by atoms with Gasteiger partial charge in [0.15, 0.2) is 0 Å². The van der Waals surface area contributed by atoms with Crippen molar-refractivity contribution in [1.29, 1.82) is 0 Å². The van der Waals surface area contributed by atoms with E-state index in [1.807, 2.05) is 0 Å². The van der Waals surface area contributed by atoms with Gasteiger partial charge in [0.05, 0.1) is 5.41 Å². The molecule has 0 N–H and O–H groups in total. The van der Waals surface area contributed by atoms with Crippen LogP contribution in [0, 0.1) is 0 Å². The van der Waals surface area contributed by atoms with Crippen LogP contribution in [-0.4, -0.2) is 0 Å². The highest BCUT2D eigenvalue weighted by Crippen LogP contribution is 2.59. The Morgan fingerprint density at radius 3 is 1.64 bits per heavy atom. The summed E-state index contributed by atoms with van der Waals surface area (Å²) >= 11 is 3.94. The minimum absolute atomic E-state index is 0.426. The lowest BCUT2D eigenvalue weighted by molar-refractivity contribution is 0.769. The number of benzene rings is 6. The molecule has 1 heteroatoms. The first kappa shape index (κ1) is 21.4. The summed E-state index contributed by atoms with van der Waals surface area (Å²) < 4.78 is 1.13. The number of fused-ring (bicyclic) bond motifs is 5. The largest absolute Gasteiger partial charge is 0.0714 e. The first-order chi connectivity index (χ1) is 17.8. The maximum Gasteiger partial charge on any atom is 0.0714 e. The third-order valence-corrected chi connectivity index (χ3v) is 8.27. The summed E-state index contributed by atoms with van der Waals surface area (Å²) in [4.78, 5) is 0. The molecule has 0 saturated carbocycles. The average Bonchev–Trinajstić information content (AvgIpc) is 3.25. The summed E-state index contributed by atoms with van der Waals surface area (Å²) in [6.07, 6.45) is 0. The molecule has 0 saturated heterocycles. The summed E-state index contributed by atoms with van der Waals surface area (Å²) in [5.74, 6) is 0. The number of rotatable bonds is 3. The number of hydrogen-bond acceptors (Lipinski definition) is 0. The summed E-state index contributed by atoms with van der Waals surface area (Å²) in [5.41, 5.74) is 9.90. The van der Waals surface area contributed by atoms with Crippen molar-refractivity contribution in [3.05, 3.63) is 166 Å². The normalized spacial score (nSPS) is 13.4. The van der Waals surface area contributed by atoms with Crippen LogP contribution in [-0.2, 0) is 5.41 Å². The molecule has 1 aliphatic rings. The van der Waals surface area contributed by atoms with Crippen molar-refractivity contribution in [3.63, 3.8) is 0 Å². The molecule has 0 radical (unpaired) electrons. The lowest BCUT2D eigenvalue weighted by Gasteiger charge is -2.34. The van der Waals surface area contributed by atoms with E-state index in [9.17, 15) is 0 Å². The van der Waals surface area contributed by atoms with Gasteiger partial charge in [-0.3, -0.25) is 0 Å². The zero-order valence-corrected chi connectivity index (χ0v) is 21.2. The molecule has 36 heavy (non-hydrogen) atoms. The van der Waals surface area contributed by atoms with E-state index in [-0.39, 0.29) is 0 Å². The van der Waals surface area contributed by atoms with E-state index in [1.54, 1.807) is 0 Å². The Kier molecular flexibility index (Phi) is 4.94. The Morgan fingerprint density at radius 1 is 0.444 bits per heavy atom. The molecule has 170 valence electrons. The topological polar surface area (TPSA) is 0 Å². The number of halogens is 1. The number of hydrogen-bond donors (Lipinski definition) is 0. The summed E-state index contributed by atoms with van der Waals surface area (Å²) in [7, 11) is 0. The van der Waals surface area contributed by atoms with E-state index in [1.165, 1.54) is 55.3 Å². The van der Waals surface area contributed by atoms with E-state index < -0.39 is 5.41 Å². The van der Waals surface area contributed by atoms with Crippen molar-refractivity contribution in [3.8, 4) is 22.3 Å². The van der Waals surface area contributed by atoms with Crippen molar-refractivity contribution < 1.29 is 0 Å². The lowest BCUT2D eigenvalue weighted by atomic mass is 9.67. The minimum Gasteiger partial charge on any atom is -0.0622 e.